The van der Waals surface area contributed by atoms with Crippen LogP contribution in [0.15, 0.2) is 84.9 Å². The Hall–Kier alpha value is -5.84. The van der Waals surface area contributed by atoms with E-state index in [0.717, 1.165) is 34.5 Å². The van der Waals surface area contributed by atoms with E-state index in [1.807, 2.05) is 49.4 Å². The summed E-state index contributed by atoms with van der Waals surface area (Å²) in [5, 5.41) is 3.20. The van der Waals surface area contributed by atoms with Crippen LogP contribution in [0.25, 0.3) is 11.4 Å². The number of halogens is 2. The van der Waals surface area contributed by atoms with Gasteiger partial charge in [-0.3, -0.25) is 9.59 Å². The number of methoxy groups -OCH3 is 2. The highest BCUT2D eigenvalue weighted by Crippen LogP contribution is 2.45. The molecule has 11 heteroatoms. The SMILES string of the molecule is COc1ccc(CN2Cc3nc(-c4c(F)cccc4F)nc(Nc4ccc(C5(C)C(=O)N(C)c6ccccc65)cc4)c3C2=O)c(OC)c1. The lowest BCUT2D eigenvalue weighted by Crippen LogP contribution is -2.37. The van der Waals surface area contributed by atoms with E-state index in [1.54, 1.807) is 48.2 Å². The second kappa shape index (κ2) is 11.8. The van der Waals surface area contributed by atoms with Gasteiger partial charge >= 0.3 is 0 Å². The summed E-state index contributed by atoms with van der Waals surface area (Å²) in [6.45, 7) is 2.16. The molecule has 0 fully saturated rings. The summed E-state index contributed by atoms with van der Waals surface area (Å²) < 4.78 is 40.7. The summed E-state index contributed by atoms with van der Waals surface area (Å²) in [6, 6.07) is 23.8. The summed E-state index contributed by atoms with van der Waals surface area (Å²) in [7, 11) is 4.85. The van der Waals surface area contributed by atoms with Gasteiger partial charge in [0.15, 0.2) is 5.82 Å². The number of rotatable bonds is 8. The smallest absolute Gasteiger partial charge is 0.260 e. The van der Waals surface area contributed by atoms with E-state index < -0.39 is 22.6 Å². The van der Waals surface area contributed by atoms with Crippen molar-refractivity contribution in [2.75, 3.05) is 31.5 Å². The van der Waals surface area contributed by atoms with E-state index in [0.29, 0.717) is 22.9 Å². The minimum absolute atomic E-state index is 0.0474. The van der Waals surface area contributed by atoms with Crippen molar-refractivity contribution in [3.63, 3.8) is 0 Å². The summed E-state index contributed by atoms with van der Waals surface area (Å²) in [4.78, 5) is 39.6. The Morgan fingerprint density at radius 1 is 0.875 bits per heavy atom. The maximum atomic E-state index is 15.0. The molecule has 0 saturated carbocycles. The van der Waals surface area contributed by atoms with Gasteiger partial charge < -0.3 is 24.6 Å². The predicted octanol–water partition coefficient (Wildman–Crippen LogP) is 6.62. The van der Waals surface area contributed by atoms with Gasteiger partial charge in [-0.15, -0.1) is 0 Å². The monoisotopic (exact) mass is 647 g/mol. The summed E-state index contributed by atoms with van der Waals surface area (Å²) >= 11 is 0. The van der Waals surface area contributed by atoms with Gasteiger partial charge in [-0.1, -0.05) is 36.4 Å². The highest BCUT2D eigenvalue weighted by Gasteiger charge is 2.47. The Labute approximate surface area is 275 Å². The molecular formula is C37H31F2N5O4. The second-order valence-electron chi connectivity index (χ2n) is 11.9. The quantitative estimate of drug-likeness (QED) is 0.202. The van der Waals surface area contributed by atoms with Crippen LogP contribution in [0.5, 0.6) is 11.5 Å². The fraction of sp³-hybridized carbons (Fsp3) is 0.189. The number of anilines is 3. The maximum absolute atomic E-state index is 15.0. The lowest BCUT2D eigenvalue weighted by Gasteiger charge is -2.24. The molecule has 48 heavy (non-hydrogen) atoms. The molecule has 0 aliphatic carbocycles. The third-order valence-corrected chi connectivity index (χ3v) is 9.13. The van der Waals surface area contributed by atoms with Crippen molar-refractivity contribution in [1.82, 2.24) is 14.9 Å². The molecule has 1 aromatic heterocycles. The van der Waals surface area contributed by atoms with Crippen LogP contribution < -0.4 is 19.7 Å². The number of carbonyl (C=O) groups excluding carboxylic acids is 2. The number of likely N-dealkylation sites (N-methyl/N-ethyl adjacent to an activating group) is 1. The number of nitrogens with zero attached hydrogens (tertiary/aromatic N) is 4. The Balaban J connectivity index is 1.26. The van der Waals surface area contributed by atoms with Gasteiger partial charge in [0, 0.05) is 30.1 Å². The molecule has 242 valence electrons. The fourth-order valence-electron chi connectivity index (χ4n) is 6.54. The van der Waals surface area contributed by atoms with Gasteiger partial charge in [0.25, 0.3) is 5.91 Å². The van der Waals surface area contributed by atoms with Crippen LogP contribution in [0.3, 0.4) is 0 Å². The van der Waals surface area contributed by atoms with Crippen molar-refractivity contribution in [3.8, 4) is 22.9 Å². The molecule has 1 atom stereocenters. The Bertz CT molecular complexity index is 2080. The molecule has 4 aromatic carbocycles. The number of fused-ring (bicyclic) bond motifs is 2. The van der Waals surface area contributed by atoms with E-state index >= 15 is 0 Å². The molecule has 1 N–H and O–H groups in total. The highest BCUT2D eigenvalue weighted by atomic mass is 19.1. The number of aromatic nitrogens is 2. The number of hydrogen-bond donors (Lipinski definition) is 1. The van der Waals surface area contributed by atoms with Crippen LogP contribution in [-0.2, 0) is 23.3 Å². The molecule has 2 aliphatic rings. The first-order valence-electron chi connectivity index (χ1n) is 15.2. The van der Waals surface area contributed by atoms with Crippen molar-refractivity contribution < 1.29 is 27.8 Å². The lowest BCUT2D eigenvalue weighted by atomic mass is 9.77. The number of hydrogen-bond acceptors (Lipinski definition) is 7. The van der Waals surface area contributed by atoms with Gasteiger partial charge in [0.05, 0.1) is 44.0 Å². The first-order chi connectivity index (χ1) is 23.1. The molecule has 0 saturated heterocycles. The highest BCUT2D eigenvalue weighted by molar-refractivity contribution is 6.10. The number of amides is 2. The molecular weight excluding hydrogens is 616 g/mol. The Morgan fingerprint density at radius 2 is 1.60 bits per heavy atom. The van der Waals surface area contributed by atoms with Gasteiger partial charge in [-0.25, -0.2) is 18.7 Å². The Morgan fingerprint density at radius 3 is 2.31 bits per heavy atom. The normalized spacial score (nSPS) is 16.6. The Kier molecular flexibility index (Phi) is 7.54. The van der Waals surface area contributed by atoms with E-state index in [-0.39, 0.29) is 42.1 Å². The third-order valence-electron chi connectivity index (χ3n) is 9.13. The number of carbonyl (C=O) groups is 2. The van der Waals surface area contributed by atoms with Gasteiger partial charge in [0.1, 0.15) is 34.5 Å². The molecule has 9 nitrogen and oxygen atoms in total. The number of benzene rings is 4. The molecule has 0 bridgehead atoms. The van der Waals surface area contributed by atoms with E-state index in [2.05, 4.69) is 15.3 Å². The third kappa shape index (κ3) is 4.90. The van der Waals surface area contributed by atoms with E-state index in [1.165, 1.54) is 13.2 Å². The van der Waals surface area contributed by atoms with Crippen LogP contribution >= 0.6 is 0 Å². The van der Waals surface area contributed by atoms with Crippen molar-refractivity contribution in [2.45, 2.75) is 25.4 Å². The topological polar surface area (TPSA) is 96.9 Å². The largest absolute Gasteiger partial charge is 0.497 e. The van der Waals surface area contributed by atoms with Crippen LogP contribution in [0.1, 0.15) is 39.7 Å². The molecule has 1 unspecified atom stereocenters. The molecule has 2 amide bonds. The van der Waals surface area contributed by atoms with Crippen molar-refractivity contribution in [3.05, 3.63) is 125 Å². The zero-order chi connectivity index (χ0) is 33.7. The first-order valence-corrected chi connectivity index (χ1v) is 15.2. The number of nitrogens with one attached hydrogen (secondary N) is 1. The molecule has 0 spiro atoms. The maximum Gasteiger partial charge on any atom is 0.260 e. The molecule has 7 rings (SSSR count). The van der Waals surface area contributed by atoms with Gasteiger partial charge in [0.2, 0.25) is 5.91 Å². The fourth-order valence-corrected chi connectivity index (χ4v) is 6.54. The zero-order valence-corrected chi connectivity index (χ0v) is 26.7. The molecule has 2 aliphatic heterocycles. The van der Waals surface area contributed by atoms with E-state index in [4.69, 9.17) is 9.47 Å². The van der Waals surface area contributed by atoms with E-state index in [9.17, 15) is 18.4 Å². The van der Waals surface area contributed by atoms with Crippen LogP contribution in [0.4, 0.5) is 26.0 Å². The van der Waals surface area contributed by atoms with Crippen LogP contribution in [0, 0.1) is 11.6 Å². The predicted molar refractivity (Wildman–Crippen MR) is 177 cm³/mol. The first kappa shape index (κ1) is 30.8. The molecule has 3 heterocycles. The second-order valence-corrected chi connectivity index (χ2v) is 11.9. The minimum Gasteiger partial charge on any atom is -0.497 e. The summed E-state index contributed by atoms with van der Waals surface area (Å²) in [5.41, 5.74) is 3.06. The van der Waals surface area contributed by atoms with Crippen molar-refractivity contribution in [2.24, 2.45) is 0 Å². The summed E-state index contributed by atoms with van der Waals surface area (Å²) in [5.74, 6) is -0.992. The average Bonchev–Trinajstić information content (AvgIpc) is 3.51. The number of para-hydroxylation sites is 1. The number of ether oxygens (including phenoxy) is 2. The van der Waals surface area contributed by atoms with Crippen molar-refractivity contribution in [1.29, 1.82) is 0 Å². The van der Waals surface area contributed by atoms with Crippen LogP contribution in [-0.4, -0.2) is 47.9 Å². The summed E-state index contributed by atoms with van der Waals surface area (Å²) in [6.07, 6.45) is 0. The van der Waals surface area contributed by atoms with Crippen LogP contribution in [0.2, 0.25) is 0 Å². The van der Waals surface area contributed by atoms with Crippen molar-refractivity contribution >= 4 is 29.0 Å². The zero-order valence-electron chi connectivity index (χ0n) is 26.7. The molecule has 0 radical (unpaired) electrons. The van der Waals surface area contributed by atoms with Gasteiger partial charge in [-0.2, -0.15) is 0 Å². The average molecular weight is 648 g/mol. The van der Waals surface area contributed by atoms with Gasteiger partial charge in [-0.05, 0) is 60.5 Å². The standard InChI is InChI=1S/C37H31F2N5O4/c1-37(25-8-5-6-11-29(25)43(2)36(37)46)22-13-15-23(16-14-22)40-34-32-28(41-33(42-34)31-26(38)9-7-10-27(31)39)20-44(35(32)45)19-21-12-17-24(47-3)18-30(21)48-4/h5-18H,19-20H2,1-4H3,(H,40,41,42). The molecule has 5 aromatic rings. The minimum atomic E-state index is -0.894. The lowest BCUT2D eigenvalue weighted by molar-refractivity contribution is -0.121.